The Kier molecular flexibility index (Phi) is 6.57. The van der Waals surface area contributed by atoms with E-state index in [0.717, 1.165) is 11.3 Å². The average Bonchev–Trinajstić information content (AvgIpc) is 3.11. The molecule has 4 rings (SSSR count). The van der Waals surface area contributed by atoms with E-state index in [4.69, 9.17) is 4.74 Å². The summed E-state index contributed by atoms with van der Waals surface area (Å²) in [7, 11) is 0. The number of amides is 1. The molecule has 0 unspecified atom stereocenters. The van der Waals surface area contributed by atoms with E-state index in [2.05, 4.69) is 29.6 Å². The fourth-order valence-electron chi connectivity index (χ4n) is 3.82. The summed E-state index contributed by atoms with van der Waals surface area (Å²) < 4.78 is 5.16. The summed E-state index contributed by atoms with van der Waals surface area (Å²) in [6.07, 6.45) is -0.728. The van der Waals surface area contributed by atoms with E-state index < -0.39 is 18.1 Å². The molecule has 2 N–H and O–H groups in total. The zero-order valence-electron chi connectivity index (χ0n) is 16.9. The summed E-state index contributed by atoms with van der Waals surface area (Å²) in [5.41, 5.74) is 5.84. The van der Waals surface area contributed by atoms with Crippen LogP contribution in [0.25, 0.3) is 11.1 Å². The van der Waals surface area contributed by atoms with Gasteiger partial charge in [0, 0.05) is 17.4 Å². The lowest BCUT2D eigenvalue weighted by atomic mass is 9.99. The van der Waals surface area contributed by atoms with E-state index in [1.807, 2.05) is 54.6 Å². The quantitative estimate of drug-likeness (QED) is 0.528. The minimum atomic E-state index is -1.07. The van der Waals surface area contributed by atoms with Gasteiger partial charge in [-0.05, 0) is 27.8 Å². The maximum atomic E-state index is 12.1. The second kappa shape index (κ2) is 9.71. The van der Waals surface area contributed by atoms with Gasteiger partial charge >= 0.3 is 12.1 Å². The van der Waals surface area contributed by atoms with E-state index in [9.17, 15) is 14.7 Å². The number of aliphatic carboxylic acids is 1. The minimum absolute atomic E-state index is 0.0990. The van der Waals surface area contributed by atoms with Crippen LogP contribution in [0.3, 0.4) is 0 Å². The number of nitrogens with one attached hydrogen (secondary N) is 1. The predicted molar refractivity (Wildman–Crippen MR) is 122 cm³/mol. The highest BCUT2D eigenvalue weighted by Crippen LogP contribution is 2.45. The van der Waals surface area contributed by atoms with Crippen molar-refractivity contribution < 1.29 is 19.4 Å². The number of hydrogen-bond donors (Lipinski definition) is 2. The predicted octanol–water partition coefficient (Wildman–Crippen LogP) is 4.91. The Morgan fingerprint density at radius 2 is 1.48 bits per heavy atom. The number of carboxylic acid groups (broad SMARTS) is 1. The van der Waals surface area contributed by atoms with Crippen molar-refractivity contribution in [2.45, 2.75) is 18.6 Å². The van der Waals surface area contributed by atoms with Gasteiger partial charge in [-0.3, -0.25) is 0 Å². The van der Waals surface area contributed by atoms with Crippen LogP contribution in [-0.4, -0.2) is 34.7 Å². The molecule has 3 aromatic carbocycles. The molecule has 0 heterocycles. The van der Waals surface area contributed by atoms with Gasteiger partial charge in [0.2, 0.25) is 0 Å². The number of carboxylic acids is 1. The van der Waals surface area contributed by atoms with Crippen LogP contribution in [0, 0.1) is 0 Å². The lowest BCUT2D eigenvalue weighted by Gasteiger charge is -2.17. The van der Waals surface area contributed by atoms with Gasteiger partial charge in [-0.25, -0.2) is 9.59 Å². The first-order chi connectivity index (χ1) is 15.1. The van der Waals surface area contributed by atoms with Crippen molar-refractivity contribution in [3.63, 3.8) is 0 Å². The highest BCUT2D eigenvalue weighted by atomic mass is 32.2. The third kappa shape index (κ3) is 4.91. The van der Waals surface area contributed by atoms with Gasteiger partial charge in [0.15, 0.2) is 0 Å². The fourth-order valence-corrected chi connectivity index (χ4v) is 5.02. The van der Waals surface area contributed by atoms with Crippen LogP contribution in [0.15, 0.2) is 78.9 Å². The third-order valence-corrected chi connectivity index (χ3v) is 6.47. The molecular weight excluding hydrogens is 410 g/mol. The van der Waals surface area contributed by atoms with E-state index in [-0.39, 0.29) is 18.3 Å². The number of carbonyl (C=O) groups excluding carboxylic acids is 1. The van der Waals surface area contributed by atoms with E-state index in [1.165, 1.54) is 34.0 Å². The van der Waals surface area contributed by atoms with Crippen molar-refractivity contribution in [3.05, 3.63) is 95.6 Å². The van der Waals surface area contributed by atoms with Gasteiger partial charge in [-0.2, -0.15) is 11.8 Å². The van der Waals surface area contributed by atoms with Crippen LogP contribution >= 0.6 is 11.8 Å². The summed E-state index contributed by atoms with van der Waals surface area (Å²) in [5.74, 6) is 0.128. The van der Waals surface area contributed by atoms with Crippen LogP contribution in [0.1, 0.15) is 22.6 Å². The van der Waals surface area contributed by atoms with E-state index >= 15 is 0 Å². The molecule has 3 aromatic rings. The molecule has 5 nitrogen and oxygen atoms in total. The molecule has 0 aromatic heterocycles. The van der Waals surface area contributed by atoms with Crippen molar-refractivity contribution in [2.75, 3.05) is 11.5 Å². The number of hydrogen-bond acceptors (Lipinski definition) is 4. The van der Waals surface area contributed by atoms with Crippen LogP contribution in [-0.2, 0) is 16.1 Å². The van der Waals surface area contributed by atoms with Gasteiger partial charge in [-0.1, -0.05) is 78.9 Å². The molecule has 0 aliphatic heterocycles. The maximum absolute atomic E-state index is 12.1. The number of fused-ring (bicyclic) bond motifs is 3. The smallest absolute Gasteiger partial charge is 0.408 e. The van der Waals surface area contributed by atoms with Crippen molar-refractivity contribution in [1.29, 1.82) is 0 Å². The van der Waals surface area contributed by atoms with Crippen molar-refractivity contribution >= 4 is 23.8 Å². The molecule has 1 amide bonds. The second-order valence-electron chi connectivity index (χ2n) is 7.36. The summed E-state index contributed by atoms with van der Waals surface area (Å²) in [6.45, 7) is 0.0990. The van der Waals surface area contributed by atoms with E-state index in [1.54, 1.807) is 0 Å². The molecule has 0 saturated carbocycles. The summed E-state index contributed by atoms with van der Waals surface area (Å²) in [4.78, 5) is 23.7. The zero-order chi connectivity index (χ0) is 21.6. The van der Waals surface area contributed by atoms with Gasteiger partial charge in [0.1, 0.15) is 12.6 Å². The topological polar surface area (TPSA) is 75.6 Å². The lowest BCUT2D eigenvalue weighted by molar-refractivity contribution is -0.138. The molecule has 0 bridgehead atoms. The lowest BCUT2D eigenvalue weighted by Crippen LogP contribution is -2.42. The number of ether oxygens (including phenoxy) is 1. The SMILES string of the molecule is O=C(N[C@@H](CSCC1c2ccccc2-c2ccccc21)C(=O)O)OCc1ccccc1. The Morgan fingerprint density at radius 3 is 2.10 bits per heavy atom. The number of benzene rings is 3. The van der Waals surface area contributed by atoms with Crippen molar-refractivity contribution in [1.82, 2.24) is 5.32 Å². The Labute approximate surface area is 185 Å². The summed E-state index contributed by atoms with van der Waals surface area (Å²) >= 11 is 1.52. The first kappa shape index (κ1) is 21.0. The Balaban J connectivity index is 1.34. The minimum Gasteiger partial charge on any atom is -0.480 e. The van der Waals surface area contributed by atoms with Gasteiger partial charge in [0.25, 0.3) is 0 Å². The van der Waals surface area contributed by atoms with Gasteiger partial charge < -0.3 is 15.2 Å². The van der Waals surface area contributed by atoms with Crippen LogP contribution in [0.5, 0.6) is 0 Å². The average molecular weight is 434 g/mol. The standard InChI is InChI=1S/C25H23NO4S/c27-24(28)23(26-25(29)30-14-17-8-2-1-3-9-17)16-31-15-22-20-12-6-4-10-18(20)19-11-5-7-13-21(19)22/h1-13,22-23H,14-16H2,(H,26,29)(H,27,28)/t23-/m0/s1. The molecule has 0 spiro atoms. The van der Waals surface area contributed by atoms with E-state index in [0.29, 0.717) is 0 Å². The van der Waals surface area contributed by atoms with Gasteiger partial charge in [0.05, 0.1) is 0 Å². The molecule has 1 aliphatic carbocycles. The zero-order valence-corrected chi connectivity index (χ0v) is 17.7. The third-order valence-electron chi connectivity index (χ3n) is 5.33. The molecule has 158 valence electrons. The molecule has 1 atom stereocenters. The summed E-state index contributed by atoms with van der Waals surface area (Å²) in [5, 5.41) is 12.0. The molecule has 6 heteroatoms. The normalized spacial score (nSPS) is 13.2. The van der Waals surface area contributed by atoms with Gasteiger partial charge in [-0.15, -0.1) is 0 Å². The first-order valence-electron chi connectivity index (χ1n) is 10.1. The highest BCUT2D eigenvalue weighted by molar-refractivity contribution is 7.99. The number of carbonyl (C=O) groups is 2. The first-order valence-corrected chi connectivity index (χ1v) is 11.2. The molecule has 31 heavy (non-hydrogen) atoms. The molecule has 0 radical (unpaired) electrons. The largest absolute Gasteiger partial charge is 0.480 e. The Bertz CT molecular complexity index is 1020. The molecule has 0 saturated heterocycles. The highest BCUT2D eigenvalue weighted by Gasteiger charge is 2.29. The van der Waals surface area contributed by atoms with Crippen LogP contribution < -0.4 is 5.32 Å². The Morgan fingerprint density at radius 1 is 0.903 bits per heavy atom. The Hall–Kier alpha value is -3.25. The number of thioether (sulfide) groups is 1. The fraction of sp³-hybridized carbons (Fsp3) is 0.200. The molecule has 0 fully saturated rings. The second-order valence-corrected chi connectivity index (χ2v) is 8.44. The molecule has 1 aliphatic rings. The number of alkyl carbamates (subject to hydrolysis) is 1. The van der Waals surface area contributed by atoms with Crippen LogP contribution in [0.2, 0.25) is 0 Å². The summed E-state index contributed by atoms with van der Waals surface area (Å²) in [6, 6.07) is 24.9. The van der Waals surface area contributed by atoms with Crippen molar-refractivity contribution in [3.8, 4) is 11.1 Å². The monoisotopic (exact) mass is 433 g/mol. The van der Waals surface area contributed by atoms with Crippen LogP contribution in [0.4, 0.5) is 4.79 Å². The number of rotatable bonds is 8. The molecular formula is C25H23NO4S. The maximum Gasteiger partial charge on any atom is 0.408 e. The van der Waals surface area contributed by atoms with Crippen molar-refractivity contribution in [2.24, 2.45) is 0 Å².